The molecule has 3 rings (SSSR count). The first kappa shape index (κ1) is 21.3. The van der Waals surface area contributed by atoms with Crippen LogP contribution >= 0.6 is 11.6 Å². The van der Waals surface area contributed by atoms with Gasteiger partial charge in [-0.05, 0) is 30.3 Å². The number of halogens is 4. The zero-order chi connectivity index (χ0) is 21.9. The van der Waals surface area contributed by atoms with Crippen LogP contribution in [-0.2, 0) is 6.18 Å². The van der Waals surface area contributed by atoms with Crippen LogP contribution in [0, 0.1) is 0 Å². The summed E-state index contributed by atoms with van der Waals surface area (Å²) in [5.74, 6) is -2.15. The van der Waals surface area contributed by atoms with Gasteiger partial charge in [-0.25, -0.2) is 0 Å². The molecule has 0 fully saturated rings. The Hall–Kier alpha value is -3.45. The summed E-state index contributed by atoms with van der Waals surface area (Å²) in [6.07, 6.45) is -4.59. The Morgan fingerprint density at radius 1 is 0.733 bits per heavy atom. The van der Waals surface area contributed by atoms with Crippen LogP contribution in [0.5, 0.6) is 0 Å². The largest absolute Gasteiger partial charge is 0.416 e. The number of ketones is 2. The summed E-state index contributed by atoms with van der Waals surface area (Å²) in [6, 6.07) is 15.8. The Balaban J connectivity index is 1.76. The summed E-state index contributed by atoms with van der Waals surface area (Å²) in [7, 11) is 0. The molecule has 0 saturated heterocycles. The maximum absolute atomic E-state index is 12.9. The molecule has 0 spiro atoms. The van der Waals surface area contributed by atoms with E-state index >= 15 is 0 Å². The SMILES string of the molecule is O=C(Nc1cc(C(F)(F)F)ccc1Cl)c1ccc(C(=O)C(=O)c2ccccc2)cc1. The first-order valence-electron chi connectivity index (χ1n) is 8.59. The number of carbonyl (C=O) groups is 3. The molecule has 0 bridgehead atoms. The second kappa shape index (κ2) is 8.51. The van der Waals surface area contributed by atoms with Crippen molar-refractivity contribution in [1.29, 1.82) is 0 Å². The van der Waals surface area contributed by atoms with Crippen LogP contribution in [0.3, 0.4) is 0 Å². The maximum Gasteiger partial charge on any atom is 0.416 e. The first-order valence-corrected chi connectivity index (χ1v) is 8.97. The Morgan fingerprint density at radius 2 is 1.27 bits per heavy atom. The summed E-state index contributed by atoms with van der Waals surface area (Å²) in [5, 5.41) is 2.25. The zero-order valence-corrected chi connectivity index (χ0v) is 15.9. The van der Waals surface area contributed by atoms with Gasteiger partial charge in [-0.1, -0.05) is 54.1 Å². The van der Waals surface area contributed by atoms with Crippen molar-refractivity contribution in [1.82, 2.24) is 0 Å². The summed E-state index contributed by atoms with van der Waals surface area (Å²) in [5.41, 5.74) is -0.758. The lowest BCUT2D eigenvalue weighted by atomic mass is 10.0. The highest BCUT2D eigenvalue weighted by molar-refractivity contribution is 6.49. The minimum absolute atomic E-state index is 0.0587. The lowest BCUT2D eigenvalue weighted by Gasteiger charge is -2.12. The summed E-state index contributed by atoms with van der Waals surface area (Å²) < 4.78 is 38.6. The number of hydrogen-bond acceptors (Lipinski definition) is 3. The van der Waals surface area contributed by atoms with Crippen LogP contribution in [0.25, 0.3) is 0 Å². The second-order valence-corrected chi connectivity index (χ2v) is 6.66. The summed E-state index contributed by atoms with van der Waals surface area (Å²) in [4.78, 5) is 36.9. The van der Waals surface area contributed by atoms with E-state index < -0.39 is 29.2 Å². The number of Topliss-reactive ketones (excluding diaryl/α,β-unsaturated/α-hetero) is 2. The number of amides is 1. The third-order valence-electron chi connectivity index (χ3n) is 4.19. The molecule has 0 radical (unpaired) electrons. The lowest BCUT2D eigenvalue weighted by molar-refractivity contribution is -0.137. The Morgan fingerprint density at radius 3 is 1.83 bits per heavy atom. The summed E-state index contributed by atoms with van der Waals surface area (Å²) in [6.45, 7) is 0. The van der Waals surface area contributed by atoms with Gasteiger partial charge >= 0.3 is 6.18 Å². The highest BCUT2D eigenvalue weighted by atomic mass is 35.5. The van der Waals surface area contributed by atoms with Crippen molar-refractivity contribution in [3.63, 3.8) is 0 Å². The molecule has 3 aromatic carbocycles. The summed E-state index contributed by atoms with van der Waals surface area (Å²) >= 11 is 5.87. The molecule has 0 aliphatic rings. The molecule has 8 heteroatoms. The van der Waals surface area contributed by atoms with Crippen LogP contribution in [0.4, 0.5) is 18.9 Å². The van der Waals surface area contributed by atoms with Gasteiger partial charge in [0.25, 0.3) is 5.91 Å². The van der Waals surface area contributed by atoms with Gasteiger partial charge in [0.1, 0.15) is 0 Å². The van der Waals surface area contributed by atoms with Crippen LogP contribution < -0.4 is 5.32 Å². The van der Waals surface area contributed by atoms with E-state index in [4.69, 9.17) is 11.6 Å². The number of alkyl halides is 3. The van der Waals surface area contributed by atoms with Crippen LogP contribution in [-0.4, -0.2) is 17.5 Å². The number of rotatable bonds is 5. The molecular formula is C22H13ClF3NO3. The van der Waals surface area contributed by atoms with Crippen molar-refractivity contribution in [3.05, 3.63) is 100 Å². The third-order valence-corrected chi connectivity index (χ3v) is 4.52. The third kappa shape index (κ3) is 4.75. The van der Waals surface area contributed by atoms with Crippen molar-refractivity contribution in [2.24, 2.45) is 0 Å². The molecular weight excluding hydrogens is 419 g/mol. The minimum Gasteiger partial charge on any atom is -0.321 e. The maximum atomic E-state index is 12.9. The highest BCUT2D eigenvalue weighted by Crippen LogP contribution is 2.34. The lowest BCUT2D eigenvalue weighted by Crippen LogP contribution is -2.16. The molecule has 0 aliphatic carbocycles. The van der Waals surface area contributed by atoms with Crippen LogP contribution in [0.15, 0.2) is 72.8 Å². The fourth-order valence-corrected chi connectivity index (χ4v) is 2.78. The molecule has 1 N–H and O–H groups in total. The monoisotopic (exact) mass is 431 g/mol. The Bertz CT molecular complexity index is 1110. The molecule has 0 heterocycles. The highest BCUT2D eigenvalue weighted by Gasteiger charge is 2.31. The molecule has 0 atom stereocenters. The number of benzene rings is 3. The molecule has 0 aromatic heterocycles. The average molecular weight is 432 g/mol. The average Bonchev–Trinajstić information content (AvgIpc) is 2.74. The van der Waals surface area contributed by atoms with E-state index in [-0.39, 0.29) is 27.4 Å². The van der Waals surface area contributed by atoms with Gasteiger partial charge < -0.3 is 5.32 Å². The predicted octanol–water partition coefficient (Wildman–Crippen LogP) is 5.68. The molecule has 3 aromatic rings. The van der Waals surface area contributed by atoms with E-state index in [0.29, 0.717) is 0 Å². The quantitative estimate of drug-likeness (QED) is 0.418. The second-order valence-electron chi connectivity index (χ2n) is 6.25. The van der Waals surface area contributed by atoms with Gasteiger partial charge in [-0.2, -0.15) is 13.2 Å². The van der Waals surface area contributed by atoms with Crippen LogP contribution in [0.1, 0.15) is 36.6 Å². The fraction of sp³-hybridized carbons (Fsp3) is 0.0455. The van der Waals surface area contributed by atoms with Gasteiger partial charge in [-0.15, -0.1) is 0 Å². The number of carbonyl (C=O) groups excluding carboxylic acids is 3. The zero-order valence-electron chi connectivity index (χ0n) is 15.2. The van der Waals surface area contributed by atoms with Crippen molar-refractivity contribution < 1.29 is 27.6 Å². The van der Waals surface area contributed by atoms with Crippen molar-refractivity contribution in [2.75, 3.05) is 5.32 Å². The number of anilines is 1. The molecule has 152 valence electrons. The molecule has 0 aliphatic heterocycles. The first-order chi connectivity index (χ1) is 14.2. The molecule has 0 saturated carbocycles. The van der Waals surface area contributed by atoms with Crippen molar-refractivity contribution in [2.45, 2.75) is 6.18 Å². The van der Waals surface area contributed by atoms with E-state index in [1.54, 1.807) is 18.2 Å². The van der Waals surface area contributed by atoms with Gasteiger partial charge in [0.15, 0.2) is 0 Å². The van der Waals surface area contributed by atoms with Gasteiger partial charge in [-0.3, -0.25) is 14.4 Å². The molecule has 30 heavy (non-hydrogen) atoms. The normalized spacial score (nSPS) is 11.1. The van der Waals surface area contributed by atoms with Crippen LogP contribution in [0.2, 0.25) is 5.02 Å². The van der Waals surface area contributed by atoms with Crippen molar-refractivity contribution >= 4 is 34.8 Å². The van der Waals surface area contributed by atoms with E-state index in [9.17, 15) is 27.6 Å². The van der Waals surface area contributed by atoms with E-state index in [0.717, 1.165) is 18.2 Å². The molecule has 0 unspecified atom stereocenters. The smallest absolute Gasteiger partial charge is 0.321 e. The standard InChI is InChI=1S/C22H13ClF3NO3/c23-17-11-10-16(22(24,25)26)12-18(17)27-21(30)15-8-6-14(7-9-15)20(29)19(28)13-4-2-1-3-5-13/h1-12H,(H,27,30). The van der Waals surface area contributed by atoms with Gasteiger partial charge in [0.2, 0.25) is 11.6 Å². The predicted molar refractivity (Wildman–Crippen MR) is 106 cm³/mol. The Labute approximate surface area is 174 Å². The van der Waals surface area contributed by atoms with Crippen molar-refractivity contribution in [3.8, 4) is 0 Å². The van der Waals surface area contributed by atoms with Gasteiger partial charge in [0.05, 0.1) is 16.3 Å². The fourth-order valence-electron chi connectivity index (χ4n) is 2.62. The molecule has 1 amide bonds. The number of nitrogens with one attached hydrogen (secondary N) is 1. The van der Waals surface area contributed by atoms with Gasteiger partial charge in [0, 0.05) is 16.7 Å². The molecule has 4 nitrogen and oxygen atoms in total. The minimum atomic E-state index is -4.59. The van der Waals surface area contributed by atoms with E-state index in [2.05, 4.69) is 5.32 Å². The van der Waals surface area contributed by atoms with E-state index in [1.165, 1.54) is 36.4 Å². The van der Waals surface area contributed by atoms with E-state index in [1.807, 2.05) is 0 Å². The Kier molecular flexibility index (Phi) is 6.03. The number of hydrogen-bond donors (Lipinski definition) is 1. The topological polar surface area (TPSA) is 63.2 Å².